The van der Waals surface area contributed by atoms with Crippen LogP contribution in [0.25, 0.3) is 0 Å². The quantitative estimate of drug-likeness (QED) is 0.875. The van der Waals surface area contributed by atoms with Gasteiger partial charge in [0.15, 0.2) is 0 Å². The Bertz CT molecular complexity index is 466. The zero-order valence-electron chi connectivity index (χ0n) is 12.8. The van der Waals surface area contributed by atoms with Crippen LogP contribution in [-0.4, -0.2) is 25.1 Å². The van der Waals surface area contributed by atoms with Gasteiger partial charge in [0.05, 0.1) is 18.6 Å². The number of carbonyl (C=O) groups excluding carboxylic acids is 1. The molecule has 0 radical (unpaired) electrons. The van der Waals surface area contributed by atoms with Gasteiger partial charge in [-0.05, 0) is 43.5 Å². The molecule has 3 rings (SSSR count). The molecular weight excluding hydrogens is 300 g/mol. The number of nitrogens with one attached hydrogen (secondary N) is 2. The van der Waals surface area contributed by atoms with Gasteiger partial charge in [0.25, 0.3) is 0 Å². The summed E-state index contributed by atoms with van der Waals surface area (Å²) in [5, 5.41) is 6.20. The zero-order chi connectivity index (χ0) is 14.5. The van der Waals surface area contributed by atoms with Gasteiger partial charge in [-0.3, -0.25) is 4.79 Å². The minimum absolute atomic E-state index is 0. The van der Waals surface area contributed by atoms with Crippen molar-refractivity contribution in [2.75, 3.05) is 18.4 Å². The van der Waals surface area contributed by atoms with Crippen molar-refractivity contribution >= 4 is 24.0 Å². The molecule has 1 unspecified atom stereocenters. The lowest BCUT2D eigenvalue weighted by molar-refractivity contribution is -0.119. The Balaban J connectivity index is 0.00000176. The molecule has 4 nitrogen and oxygen atoms in total. The Morgan fingerprint density at radius 3 is 2.55 bits per heavy atom. The van der Waals surface area contributed by atoms with Gasteiger partial charge >= 0.3 is 0 Å². The third-order valence-electron chi connectivity index (χ3n) is 4.44. The fourth-order valence-electron chi connectivity index (χ4n) is 3.08. The molecule has 1 saturated heterocycles. The minimum atomic E-state index is 0. The molecular formula is C17H25ClN2O2. The molecule has 1 heterocycles. The monoisotopic (exact) mass is 324 g/mol. The van der Waals surface area contributed by atoms with Crippen molar-refractivity contribution < 1.29 is 9.53 Å². The van der Waals surface area contributed by atoms with E-state index in [2.05, 4.69) is 10.6 Å². The van der Waals surface area contributed by atoms with E-state index in [-0.39, 0.29) is 24.2 Å². The minimum Gasteiger partial charge on any atom is -0.374 e. The molecule has 0 bridgehead atoms. The number of rotatable bonds is 5. The summed E-state index contributed by atoms with van der Waals surface area (Å²) in [5.41, 5.74) is 2.04. The molecule has 1 aliphatic heterocycles. The van der Waals surface area contributed by atoms with E-state index < -0.39 is 0 Å². The van der Waals surface area contributed by atoms with Crippen molar-refractivity contribution in [1.82, 2.24) is 5.32 Å². The number of halogens is 1. The second kappa shape index (κ2) is 8.51. The summed E-state index contributed by atoms with van der Waals surface area (Å²) in [6.07, 6.45) is 6.36. The van der Waals surface area contributed by atoms with E-state index in [1.165, 1.54) is 31.2 Å². The number of hydrogen-bond donors (Lipinski definition) is 2. The third kappa shape index (κ3) is 4.70. The molecule has 22 heavy (non-hydrogen) atoms. The fourth-order valence-corrected chi connectivity index (χ4v) is 3.08. The first-order chi connectivity index (χ1) is 10.3. The number of hydrogen-bond acceptors (Lipinski definition) is 3. The number of anilines is 1. The Hall–Kier alpha value is -1.10. The summed E-state index contributed by atoms with van der Waals surface area (Å²) in [5.74, 6) is 0.227. The van der Waals surface area contributed by atoms with Crippen molar-refractivity contribution in [2.45, 2.75) is 44.8 Å². The number of amides is 1. The summed E-state index contributed by atoms with van der Waals surface area (Å²) in [7, 11) is 0. The average Bonchev–Trinajstić information content (AvgIpc) is 3.20. The van der Waals surface area contributed by atoms with Crippen molar-refractivity contribution in [3.05, 3.63) is 29.8 Å². The Morgan fingerprint density at radius 1 is 1.18 bits per heavy atom. The standard InChI is InChI=1S/C17H24N2O2.ClH/c20-17(14-9-10-18-11-14)19-15-7-5-13(6-8-15)12-21-16-3-1-2-4-16;/h5-8,14,16,18H,1-4,9-12H2,(H,19,20);1H. The summed E-state index contributed by atoms with van der Waals surface area (Å²) in [6.45, 7) is 2.40. The first-order valence-corrected chi connectivity index (χ1v) is 8.03. The van der Waals surface area contributed by atoms with E-state index in [1.807, 2.05) is 24.3 Å². The van der Waals surface area contributed by atoms with E-state index in [4.69, 9.17) is 4.74 Å². The highest BCUT2D eigenvalue weighted by Crippen LogP contribution is 2.22. The lowest BCUT2D eigenvalue weighted by Gasteiger charge is -2.12. The van der Waals surface area contributed by atoms with E-state index in [9.17, 15) is 4.79 Å². The smallest absolute Gasteiger partial charge is 0.228 e. The number of benzene rings is 1. The molecule has 2 fully saturated rings. The van der Waals surface area contributed by atoms with E-state index in [0.29, 0.717) is 12.7 Å². The molecule has 122 valence electrons. The van der Waals surface area contributed by atoms with E-state index >= 15 is 0 Å². The molecule has 1 aromatic carbocycles. The van der Waals surface area contributed by atoms with Crippen LogP contribution in [0, 0.1) is 5.92 Å². The molecule has 1 atom stereocenters. The predicted molar refractivity (Wildman–Crippen MR) is 90.3 cm³/mol. The van der Waals surface area contributed by atoms with Gasteiger partial charge in [0.1, 0.15) is 0 Å². The van der Waals surface area contributed by atoms with Crippen LogP contribution >= 0.6 is 12.4 Å². The van der Waals surface area contributed by atoms with Crippen LogP contribution in [0.4, 0.5) is 5.69 Å². The Labute approximate surface area is 138 Å². The summed E-state index contributed by atoms with van der Waals surface area (Å²) in [6, 6.07) is 8.01. The van der Waals surface area contributed by atoms with Gasteiger partial charge in [0.2, 0.25) is 5.91 Å². The van der Waals surface area contributed by atoms with Crippen LogP contribution in [0.5, 0.6) is 0 Å². The van der Waals surface area contributed by atoms with Gasteiger partial charge in [-0.25, -0.2) is 0 Å². The molecule has 2 N–H and O–H groups in total. The molecule has 1 aliphatic carbocycles. The van der Waals surface area contributed by atoms with Gasteiger partial charge < -0.3 is 15.4 Å². The largest absolute Gasteiger partial charge is 0.374 e. The van der Waals surface area contributed by atoms with Crippen molar-refractivity contribution in [1.29, 1.82) is 0 Å². The lowest BCUT2D eigenvalue weighted by atomic mass is 10.1. The lowest BCUT2D eigenvalue weighted by Crippen LogP contribution is -2.24. The highest BCUT2D eigenvalue weighted by Gasteiger charge is 2.22. The van der Waals surface area contributed by atoms with Crippen LogP contribution in [0.15, 0.2) is 24.3 Å². The SMILES string of the molecule is Cl.O=C(Nc1ccc(COC2CCCC2)cc1)C1CCNC1. The zero-order valence-corrected chi connectivity index (χ0v) is 13.7. The topological polar surface area (TPSA) is 50.4 Å². The highest BCUT2D eigenvalue weighted by atomic mass is 35.5. The Kier molecular flexibility index (Phi) is 6.68. The highest BCUT2D eigenvalue weighted by molar-refractivity contribution is 5.92. The maximum atomic E-state index is 12.0. The first-order valence-electron chi connectivity index (χ1n) is 8.03. The third-order valence-corrected chi connectivity index (χ3v) is 4.44. The molecule has 1 saturated carbocycles. The van der Waals surface area contributed by atoms with Gasteiger partial charge in [-0.15, -0.1) is 12.4 Å². The van der Waals surface area contributed by atoms with Gasteiger partial charge in [-0.1, -0.05) is 25.0 Å². The second-order valence-electron chi connectivity index (χ2n) is 6.09. The van der Waals surface area contributed by atoms with Crippen molar-refractivity contribution in [3.63, 3.8) is 0 Å². The van der Waals surface area contributed by atoms with Crippen LogP contribution in [-0.2, 0) is 16.1 Å². The normalized spacial score (nSPS) is 21.5. The maximum absolute atomic E-state index is 12.0. The molecule has 2 aliphatic rings. The summed E-state index contributed by atoms with van der Waals surface area (Å²) < 4.78 is 5.90. The molecule has 0 aromatic heterocycles. The average molecular weight is 325 g/mol. The van der Waals surface area contributed by atoms with Crippen LogP contribution < -0.4 is 10.6 Å². The fraction of sp³-hybridized carbons (Fsp3) is 0.588. The van der Waals surface area contributed by atoms with Gasteiger partial charge in [-0.2, -0.15) is 0 Å². The van der Waals surface area contributed by atoms with Crippen molar-refractivity contribution in [2.24, 2.45) is 5.92 Å². The van der Waals surface area contributed by atoms with Crippen molar-refractivity contribution in [3.8, 4) is 0 Å². The number of carbonyl (C=O) groups is 1. The predicted octanol–water partition coefficient (Wildman–Crippen LogP) is 3.12. The van der Waals surface area contributed by atoms with E-state index in [0.717, 1.165) is 25.2 Å². The maximum Gasteiger partial charge on any atom is 0.228 e. The van der Waals surface area contributed by atoms with Crippen LogP contribution in [0.3, 0.4) is 0 Å². The Morgan fingerprint density at radius 2 is 1.91 bits per heavy atom. The van der Waals surface area contributed by atoms with Crippen LogP contribution in [0.1, 0.15) is 37.7 Å². The second-order valence-corrected chi connectivity index (χ2v) is 6.09. The molecule has 0 spiro atoms. The summed E-state index contributed by atoms with van der Waals surface area (Å²) >= 11 is 0. The first kappa shape index (κ1) is 17.3. The molecule has 5 heteroatoms. The molecule has 1 aromatic rings. The molecule has 1 amide bonds. The summed E-state index contributed by atoms with van der Waals surface area (Å²) in [4.78, 5) is 12.0. The number of ether oxygens (including phenoxy) is 1. The van der Waals surface area contributed by atoms with Crippen LogP contribution in [0.2, 0.25) is 0 Å². The van der Waals surface area contributed by atoms with E-state index in [1.54, 1.807) is 0 Å². The van der Waals surface area contributed by atoms with Gasteiger partial charge in [0, 0.05) is 12.2 Å².